The highest BCUT2D eigenvalue weighted by Crippen LogP contribution is 2.22. The molecule has 0 aliphatic heterocycles. The normalized spacial score (nSPS) is 10.7. The van der Waals surface area contributed by atoms with Crippen molar-refractivity contribution >= 4 is 28.5 Å². The van der Waals surface area contributed by atoms with Crippen LogP contribution in [0.15, 0.2) is 48.5 Å². The molecule has 0 aliphatic rings. The first-order chi connectivity index (χ1) is 12.6. The van der Waals surface area contributed by atoms with Crippen molar-refractivity contribution in [3.05, 3.63) is 59.7 Å². The first-order valence-electron chi connectivity index (χ1n) is 8.41. The lowest BCUT2D eigenvalue weighted by Crippen LogP contribution is -2.26. The zero-order valence-corrected chi connectivity index (χ0v) is 14.5. The lowest BCUT2D eigenvalue weighted by molar-refractivity contribution is 0.0953. The Hall–Kier alpha value is -3.19. The molecule has 0 saturated heterocycles. The molecule has 0 unspecified atom stereocenters. The van der Waals surface area contributed by atoms with Crippen LogP contribution in [0.4, 0.5) is 5.82 Å². The molecule has 2 amide bonds. The van der Waals surface area contributed by atoms with Crippen LogP contribution in [0.2, 0.25) is 0 Å². The van der Waals surface area contributed by atoms with Crippen molar-refractivity contribution in [3.63, 3.8) is 0 Å². The predicted molar refractivity (Wildman–Crippen MR) is 101 cm³/mol. The summed E-state index contributed by atoms with van der Waals surface area (Å²) in [6.07, 6.45) is 0.707. The Bertz CT molecular complexity index is 948. The summed E-state index contributed by atoms with van der Waals surface area (Å²) < 4.78 is 1.71. The summed E-state index contributed by atoms with van der Waals surface area (Å²) in [5.74, 6) is -0.0484. The van der Waals surface area contributed by atoms with Gasteiger partial charge in [0.1, 0.15) is 0 Å². The fourth-order valence-electron chi connectivity index (χ4n) is 2.69. The average Bonchev–Trinajstić information content (AvgIpc) is 2.98. The number of rotatable bonds is 6. The van der Waals surface area contributed by atoms with Crippen molar-refractivity contribution in [2.75, 3.05) is 18.4 Å². The van der Waals surface area contributed by atoms with Gasteiger partial charge in [-0.05, 0) is 43.3 Å². The van der Waals surface area contributed by atoms with Gasteiger partial charge in [-0.2, -0.15) is 5.10 Å². The van der Waals surface area contributed by atoms with E-state index in [1.165, 1.54) is 0 Å². The molecule has 1 heterocycles. The van der Waals surface area contributed by atoms with Crippen LogP contribution in [-0.2, 0) is 7.05 Å². The third-order valence-corrected chi connectivity index (χ3v) is 4.04. The highest BCUT2D eigenvalue weighted by molar-refractivity contribution is 6.09. The Morgan fingerprint density at radius 3 is 2.58 bits per heavy atom. The van der Waals surface area contributed by atoms with Gasteiger partial charge in [0.25, 0.3) is 11.8 Å². The number of nitrogens with two attached hydrogens (primary N) is 1. The number of nitrogens with zero attached hydrogens (tertiary/aromatic N) is 2. The van der Waals surface area contributed by atoms with Crippen molar-refractivity contribution in [3.8, 4) is 0 Å². The highest BCUT2D eigenvalue weighted by Gasteiger charge is 2.14. The molecule has 4 N–H and O–H groups in total. The molecule has 0 aliphatic carbocycles. The Morgan fingerprint density at radius 1 is 1.08 bits per heavy atom. The third-order valence-electron chi connectivity index (χ3n) is 4.04. The average molecular weight is 351 g/mol. The molecule has 0 fully saturated rings. The predicted octanol–water partition coefficient (Wildman–Crippen LogP) is 1.90. The lowest BCUT2D eigenvalue weighted by Gasteiger charge is -2.07. The molecule has 7 heteroatoms. The van der Waals surface area contributed by atoms with Crippen molar-refractivity contribution < 1.29 is 9.59 Å². The quantitative estimate of drug-likeness (QED) is 0.590. The molecular formula is C19H21N5O2. The summed E-state index contributed by atoms with van der Waals surface area (Å²) in [6, 6.07) is 14.2. The third kappa shape index (κ3) is 3.73. The van der Waals surface area contributed by atoms with E-state index in [4.69, 9.17) is 5.73 Å². The number of benzene rings is 2. The van der Waals surface area contributed by atoms with E-state index in [1.54, 1.807) is 28.9 Å². The minimum Gasteiger partial charge on any atom is -0.352 e. The Kier molecular flexibility index (Phi) is 5.28. The van der Waals surface area contributed by atoms with Crippen LogP contribution >= 0.6 is 0 Å². The molecule has 0 saturated carbocycles. The van der Waals surface area contributed by atoms with Gasteiger partial charge in [0, 0.05) is 30.1 Å². The van der Waals surface area contributed by atoms with Crippen molar-refractivity contribution in [1.82, 2.24) is 15.1 Å². The largest absolute Gasteiger partial charge is 0.352 e. The Labute approximate surface area is 151 Å². The summed E-state index contributed by atoms with van der Waals surface area (Å²) in [5, 5.41) is 10.8. The Morgan fingerprint density at radius 2 is 1.81 bits per heavy atom. The molecule has 3 rings (SSSR count). The molecule has 1 aromatic heterocycles. The summed E-state index contributed by atoms with van der Waals surface area (Å²) >= 11 is 0. The Balaban J connectivity index is 1.77. The number of fused-ring (bicyclic) bond motifs is 1. The summed E-state index contributed by atoms with van der Waals surface area (Å²) in [5.41, 5.74) is 7.17. The van der Waals surface area contributed by atoms with E-state index in [0.29, 0.717) is 36.5 Å². The molecule has 3 aromatic rings. The number of amides is 2. The lowest BCUT2D eigenvalue weighted by atomic mass is 10.1. The first-order valence-corrected chi connectivity index (χ1v) is 8.41. The molecule has 0 spiro atoms. The second-order valence-corrected chi connectivity index (χ2v) is 5.92. The number of carbonyl (C=O) groups excluding carboxylic acids is 2. The van der Waals surface area contributed by atoms with Gasteiger partial charge >= 0.3 is 0 Å². The summed E-state index contributed by atoms with van der Waals surface area (Å²) in [7, 11) is 1.82. The van der Waals surface area contributed by atoms with Crippen LogP contribution in [0.3, 0.4) is 0 Å². The van der Waals surface area contributed by atoms with Gasteiger partial charge in [0.05, 0.1) is 5.52 Å². The van der Waals surface area contributed by atoms with Gasteiger partial charge in [-0.3, -0.25) is 14.3 Å². The van der Waals surface area contributed by atoms with Gasteiger partial charge in [0.2, 0.25) is 0 Å². The van der Waals surface area contributed by atoms with Crippen LogP contribution < -0.4 is 16.4 Å². The summed E-state index contributed by atoms with van der Waals surface area (Å²) in [6.45, 7) is 1.02. The van der Waals surface area contributed by atoms with Gasteiger partial charge in [-0.1, -0.05) is 18.2 Å². The van der Waals surface area contributed by atoms with Crippen LogP contribution in [0.5, 0.6) is 0 Å². The molecule has 0 radical (unpaired) electrons. The number of aryl methyl sites for hydroxylation is 1. The van der Waals surface area contributed by atoms with E-state index >= 15 is 0 Å². The second kappa shape index (κ2) is 7.79. The molecule has 0 atom stereocenters. The number of para-hydroxylation sites is 1. The van der Waals surface area contributed by atoms with Crippen molar-refractivity contribution in [2.24, 2.45) is 12.8 Å². The minimum atomic E-state index is -0.314. The maximum atomic E-state index is 12.6. The van der Waals surface area contributed by atoms with E-state index in [0.717, 1.165) is 10.9 Å². The van der Waals surface area contributed by atoms with E-state index in [1.807, 2.05) is 31.3 Å². The van der Waals surface area contributed by atoms with E-state index < -0.39 is 0 Å². The van der Waals surface area contributed by atoms with Gasteiger partial charge < -0.3 is 16.4 Å². The van der Waals surface area contributed by atoms with E-state index in [9.17, 15) is 9.59 Å². The topological polar surface area (TPSA) is 102 Å². The second-order valence-electron chi connectivity index (χ2n) is 5.92. The van der Waals surface area contributed by atoms with Crippen LogP contribution in [0.1, 0.15) is 27.1 Å². The zero-order valence-electron chi connectivity index (χ0n) is 14.5. The SMILES string of the molecule is Cn1nc(NC(=O)c2cccc(C(=O)NCCCN)c2)c2ccccc21. The smallest absolute Gasteiger partial charge is 0.256 e. The van der Waals surface area contributed by atoms with Crippen LogP contribution in [-0.4, -0.2) is 34.7 Å². The standard InChI is InChI=1S/C19H21N5O2/c1-24-16-9-3-2-8-15(16)17(23-24)22-19(26)14-7-4-6-13(12-14)18(25)21-11-5-10-20/h2-4,6-9,12H,5,10-11,20H2,1H3,(H,21,25)(H,22,23,26). The number of aromatic nitrogens is 2. The fourth-order valence-corrected chi connectivity index (χ4v) is 2.69. The maximum absolute atomic E-state index is 12.6. The number of anilines is 1. The monoisotopic (exact) mass is 351 g/mol. The summed E-state index contributed by atoms with van der Waals surface area (Å²) in [4.78, 5) is 24.7. The number of nitrogens with one attached hydrogen (secondary N) is 2. The highest BCUT2D eigenvalue weighted by atomic mass is 16.2. The minimum absolute atomic E-state index is 0.226. The maximum Gasteiger partial charge on any atom is 0.256 e. The number of carbonyl (C=O) groups is 2. The molecular weight excluding hydrogens is 330 g/mol. The first kappa shape index (κ1) is 17.6. The molecule has 2 aromatic carbocycles. The molecule has 26 heavy (non-hydrogen) atoms. The van der Waals surface area contributed by atoms with Crippen molar-refractivity contribution in [1.29, 1.82) is 0 Å². The van der Waals surface area contributed by atoms with Gasteiger partial charge in [0.15, 0.2) is 5.82 Å². The van der Waals surface area contributed by atoms with Gasteiger partial charge in [-0.15, -0.1) is 0 Å². The van der Waals surface area contributed by atoms with E-state index in [-0.39, 0.29) is 11.8 Å². The van der Waals surface area contributed by atoms with Gasteiger partial charge in [-0.25, -0.2) is 0 Å². The number of hydrogen-bond acceptors (Lipinski definition) is 4. The zero-order chi connectivity index (χ0) is 18.5. The van der Waals surface area contributed by atoms with Crippen LogP contribution in [0.25, 0.3) is 10.9 Å². The van der Waals surface area contributed by atoms with Crippen LogP contribution in [0, 0.1) is 0 Å². The fraction of sp³-hybridized carbons (Fsp3) is 0.211. The molecule has 134 valence electrons. The number of hydrogen-bond donors (Lipinski definition) is 3. The molecule has 0 bridgehead atoms. The van der Waals surface area contributed by atoms with Crippen molar-refractivity contribution in [2.45, 2.75) is 6.42 Å². The van der Waals surface area contributed by atoms with E-state index in [2.05, 4.69) is 15.7 Å². The molecule has 7 nitrogen and oxygen atoms in total.